The highest BCUT2D eigenvalue weighted by Crippen LogP contribution is 2.39. The molecule has 3 heteroatoms. The van der Waals surface area contributed by atoms with Crippen LogP contribution in [-0.2, 0) is 0 Å². The number of allylic oxidation sites excluding steroid dienone is 6. The lowest BCUT2D eigenvalue weighted by atomic mass is 9.77. The Kier molecular flexibility index (Phi) is 4.64. The molecule has 22 heavy (non-hydrogen) atoms. The van der Waals surface area contributed by atoms with E-state index in [1.165, 1.54) is 62.9 Å². The van der Waals surface area contributed by atoms with Crippen molar-refractivity contribution in [1.82, 2.24) is 4.90 Å². The summed E-state index contributed by atoms with van der Waals surface area (Å²) in [5.74, 6) is 0.623. The first kappa shape index (κ1) is 14.9. The minimum atomic E-state index is 0.293. The number of hydrogen-bond acceptors (Lipinski definition) is 3. The van der Waals surface area contributed by atoms with E-state index >= 15 is 0 Å². The van der Waals surface area contributed by atoms with Gasteiger partial charge in [-0.1, -0.05) is 18.9 Å². The number of rotatable bonds is 1. The molecule has 0 amide bonds. The fraction of sp³-hybridized carbons (Fsp3) is 0.579. The van der Waals surface area contributed by atoms with Crippen LogP contribution in [0.25, 0.3) is 0 Å². The van der Waals surface area contributed by atoms with Gasteiger partial charge in [0.05, 0.1) is 0 Å². The first-order valence-corrected chi connectivity index (χ1v) is 8.52. The van der Waals surface area contributed by atoms with Crippen LogP contribution >= 0.6 is 0 Å². The average Bonchev–Trinajstić information content (AvgIpc) is 2.84. The van der Waals surface area contributed by atoms with Gasteiger partial charge < -0.3 is 4.90 Å². The van der Waals surface area contributed by atoms with Crippen molar-refractivity contribution in [2.24, 2.45) is 5.92 Å². The Morgan fingerprint density at radius 3 is 2.32 bits per heavy atom. The largest absolute Gasteiger partial charge is 0.375 e. The Morgan fingerprint density at radius 1 is 0.955 bits per heavy atom. The van der Waals surface area contributed by atoms with Crippen LogP contribution in [0.2, 0.25) is 0 Å². The molecule has 1 atom stereocenters. The second kappa shape index (κ2) is 6.84. The second-order valence-electron chi connectivity index (χ2n) is 6.58. The number of nitriles is 2. The van der Waals surface area contributed by atoms with E-state index in [4.69, 9.17) is 10.5 Å². The van der Waals surface area contributed by atoms with Crippen molar-refractivity contribution in [1.29, 1.82) is 10.5 Å². The highest BCUT2D eigenvalue weighted by Gasteiger charge is 2.26. The summed E-state index contributed by atoms with van der Waals surface area (Å²) in [6.07, 6.45) is 14.1. The Morgan fingerprint density at radius 2 is 1.64 bits per heavy atom. The van der Waals surface area contributed by atoms with Crippen molar-refractivity contribution in [3.8, 4) is 12.1 Å². The van der Waals surface area contributed by atoms with Gasteiger partial charge in [-0.2, -0.15) is 10.5 Å². The third-order valence-electron chi connectivity index (χ3n) is 5.21. The first-order chi connectivity index (χ1) is 10.8. The predicted molar refractivity (Wildman–Crippen MR) is 86.4 cm³/mol. The summed E-state index contributed by atoms with van der Waals surface area (Å²) in [5.41, 5.74) is 4.04. The first-order valence-electron chi connectivity index (χ1n) is 8.52. The van der Waals surface area contributed by atoms with Crippen molar-refractivity contribution < 1.29 is 0 Å². The van der Waals surface area contributed by atoms with Gasteiger partial charge in [0.25, 0.3) is 0 Å². The summed E-state index contributed by atoms with van der Waals surface area (Å²) < 4.78 is 0. The topological polar surface area (TPSA) is 50.8 Å². The SMILES string of the molecule is N#CC(C#N)=C1C=C2C=C(N3CCCCCC3)CC[C@@H]2CC1. The van der Waals surface area contributed by atoms with Gasteiger partial charge in [0, 0.05) is 18.8 Å². The fourth-order valence-corrected chi connectivity index (χ4v) is 3.92. The Balaban J connectivity index is 1.87. The summed E-state index contributed by atoms with van der Waals surface area (Å²) in [5, 5.41) is 18.2. The minimum absolute atomic E-state index is 0.293. The Bertz CT molecular complexity index is 586. The molecule has 0 N–H and O–H groups in total. The zero-order valence-corrected chi connectivity index (χ0v) is 13.1. The van der Waals surface area contributed by atoms with Crippen molar-refractivity contribution in [3.05, 3.63) is 34.6 Å². The molecule has 1 fully saturated rings. The summed E-state index contributed by atoms with van der Waals surface area (Å²) in [6.45, 7) is 2.38. The van der Waals surface area contributed by atoms with E-state index < -0.39 is 0 Å². The van der Waals surface area contributed by atoms with E-state index in [1.54, 1.807) is 0 Å². The Labute approximate surface area is 133 Å². The number of likely N-dealkylation sites (tertiary alicyclic amines) is 1. The van der Waals surface area contributed by atoms with Crippen LogP contribution < -0.4 is 0 Å². The molecule has 3 aliphatic rings. The van der Waals surface area contributed by atoms with Gasteiger partial charge in [-0.3, -0.25) is 0 Å². The smallest absolute Gasteiger partial charge is 0.132 e. The van der Waals surface area contributed by atoms with Gasteiger partial charge in [0.1, 0.15) is 17.7 Å². The minimum Gasteiger partial charge on any atom is -0.375 e. The van der Waals surface area contributed by atoms with Crippen molar-refractivity contribution in [2.75, 3.05) is 13.1 Å². The molecule has 0 aromatic rings. The van der Waals surface area contributed by atoms with Crippen LogP contribution in [0.5, 0.6) is 0 Å². The molecule has 3 nitrogen and oxygen atoms in total. The average molecular weight is 293 g/mol. The maximum Gasteiger partial charge on any atom is 0.132 e. The highest BCUT2D eigenvalue weighted by atomic mass is 15.1. The zero-order chi connectivity index (χ0) is 15.4. The summed E-state index contributed by atoms with van der Waals surface area (Å²) in [7, 11) is 0. The monoisotopic (exact) mass is 293 g/mol. The zero-order valence-electron chi connectivity index (χ0n) is 13.1. The summed E-state index contributed by atoms with van der Waals surface area (Å²) >= 11 is 0. The maximum absolute atomic E-state index is 9.08. The quantitative estimate of drug-likeness (QED) is 0.680. The van der Waals surface area contributed by atoms with Gasteiger partial charge in [-0.05, 0) is 61.7 Å². The lowest BCUT2D eigenvalue weighted by Crippen LogP contribution is -2.27. The molecule has 0 radical (unpaired) electrons. The number of fused-ring (bicyclic) bond motifs is 1. The highest BCUT2D eigenvalue weighted by molar-refractivity contribution is 5.49. The van der Waals surface area contributed by atoms with Gasteiger partial charge in [-0.15, -0.1) is 0 Å². The predicted octanol–water partition coefficient (Wildman–Crippen LogP) is 4.22. The molecule has 0 aromatic carbocycles. The Hall–Kier alpha value is -2.00. The van der Waals surface area contributed by atoms with Gasteiger partial charge in [0.2, 0.25) is 0 Å². The fourth-order valence-electron chi connectivity index (χ4n) is 3.92. The van der Waals surface area contributed by atoms with Gasteiger partial charge >= 0.3 is 0 Å². The molecule has 0 saturated carbocycles. The molecule has 0 aromatic heterocycles. The lowest BCUT2D eigenvalue weighted by Gasteiger charge is -2.34. The molecule has 3 rings (SSSR count). The molecular weight excluding hydrogens is 270 g/mol. The number of nitrogens with zero attached hydrogens (tertiary/aromatic N) is 3. The van der Waals surface area contributed by atoms with E-state index in [0.29, 0.717) is 11.5 Å². The van der Waals surface area contributed by atoms with Crippen LogP contribution in [0.1, 0.15) is 51.4 Å². The van der Waals surface area contributed by atoms with Crippen LogP contribution in [0, 0.1) is 28.6 Å². The molecule has 1 heterocycles. The van der Waals surface area contributed by atoms with E-state index in [0.717, 1.165) is 18.4 Å². The third-order valence-corrected chi connectivity index (χ3v) is 5.21. The molecule has 114 valence electrons. The van der Waals surface area contributed by atoms with Crippen LogP contribution in [0.4, 0.5) is 0 Å². The molecule has 0 bridgehead atoms. The number of hydrogen-bond donors (Lipinski definition) is 0. The molecule has 0 spiro atoms. The maximum atomic E-state index is 9.08. The molecule has 1 saturated heterocycles. The molecular formula is C19H23N3. The molecule has 2 aliphatic carbocycles. The third kappa shape index (κ3) is 3.09. The lowest BCUT2D eigenvalue weighted by molar-refractivity contribution is 0.326. The molecule has 0 unspecified atom stereocenters. The second-order valence-corrected chi connectivity index (χ2v) is 6.58. The van der Waals surface area contributed by atoms with Crippen molar-refractivity contribution in [2.45, 2.75) is 51.4 Å². The summed E-state index contributed by atoms with van der Waals surface area (Å²) in [4.78, 5) is 2.57. The van der Waals surface area contributed by atoms with E-state index in [-0.39, 0.29) is 0 Å². The van der Waals surface area contributed by atoms with E-state index in [1.807, 2.05) is 12.1 Å². The van der Waals surface area contributed by atoms with E-state index in [2.05, 4.69) is 17.1 Å². The van der Waals surface area contributed by atoms with Crippen molar-refractivity contribution in [3.63, 3.8) is 0 Å². The standard InChI is InChI=1S/C19H23N3/c20-13-18(14-21)16-6-5-15-7-8-19(12-17(15)11-16)22-9-3-1-2-4-10-22/h11-12,15H,1-10H2/t15-/m0/s1. The van der Waals surface area contributed by atoms with Gasteiger partial charge in [0.15, 0.2) is 0 Å². The summed E-state index contributed by atoms with van der Waals surface area (Å²) in [6, 6.07) is 4.09. The van der Waals surface area contributed by atoms with Crippen molar-refractivity contribution >= 4 is 0 Å². The van der Waals surface area contributed by atoms with Crippen LogP contribution in [0.15, 0.2) is 34.6 Å². The van der Waals surface area contributed by atoms with Crippen LogP contribution in [0.3, 0.4) is 0 Å². The van der Waals surface area contributed by atoms with Crippen LogP contribution in [-0.4, -0.2) is 18.0 Å². The molecule has 1 aliphatic heterocycles. The van der Waals surface area contributed by atoms with E-state index in [9.17, 15) is 0 Å². The normalized spacial score (nSPS) is 25.1. The van der Waals surface area contributed by atoms with Gasteiger partial charge in [-0.25, -0.2) is 0 Å².